The van der Waals surface area contributed by atoms with Crippen molar-refractivity contribution in [3.8, 4) is 11.5 Å². The Morgan fingerprint density at radius 2 is 1.70 bits per heavy atom. The highest BCUT2D eigenvalue weighted by Gasteiger charge is 2.16. The molecule has 0 unspecified atom stereocenters. The van der Waals surface area contributed by atoms with E-state index in [0.29, 0.717) is 17.9 Å². The zero-order valence-electron chi connectivity index (χ0n) is 16.2. The van der Waals surface area contributed by atoms with Gasteiger partial charge in [-0.05, 0) is 42.9 Å². The molecule has 1 amide bonds. The fourth-order valence-electron chi connectivity index (χ4n) is 3.18. The summed E-state index contributed by atoms with van der Waals surface area (Å²) in [6.45, 7) is 4.01. The lowest BCUT2D eigenvalue weighted by atomic mass is 10.1. The van der Waals surface area contributed by atoms with Crippen molar-refractivity contribution in [1.29, 1.82) is 0 Å². The van der Waals surface area contributed by atoms with Crippen LogP contribution in [0.4, 0.5) is 11.4 Å². The van der Waals surface area contributed by atoms with Gasteiger partial charge in [0.2, 0.25) is 5.91 Å². The monoisotopic (exact) mass is 369 g/mol. The Hall–Kier alpha value is -2.73. The van der Waals surface area contributed by atoms with Gasteiger partial charge in [-0.15, -0.1) is 0 Å². The van der Waals surface area contributed by atoms with E-state index in [1.165, 1.54) is 0 Å². The van der Waals surface area contributed by atoms with Crippen molar-refractivity contribution in [2.75, 3.05) is 57.7 Å². The molecule has 1 aliphatic rings. The van der Waals surface area contributed by atoms with Crippen molar-refractivity contribution in [1.82, 2.24) is 4.90 Å². The van der Waals surface area contributed by atoms with Crippen LogP contribution in [-0.2, 0) is 11.2 Å². The summed E-state index contributed by atoms with van der Waals surface area (Å²) in [7, 11) is 5.38. The number of nitrogens with one attached hydrogen (secondary N) is 1. The number of hydrogen-bond donors (Lipinski definition) is 1. The predicted molar refractivity (Wildman–Crippen MR) is 108 cm³/mol. The van der Waals surface area contributed by atoms with Crippen molar-refractivity contribution in [2.45, 2.75) is 6.42 Å². The maximum absolute atomic E-state index is 12.5. The number of nitrogens with zero attached hydrogens (tertiary/aromatic N) is 2. The van der Waals surface area contributed by atoms with Crippen LogP contribution in [0.2, 0.25) is 0 Å². The number of likely N-dealkylation sites (N-methyl/N-ethyl adjacent to an activating group) is 1. The van der Waals surface area contributed by atoms with Crippen LogP contribution >= 0.6 is 0 Å². The molecule has 0 atom stereocenters. The van der Waals surface area contributed by atoms with Gasteiger partial charge in [0.25, 0.3) is 0 Å². The molecule has 2 aromatic carbocycles. The van der Waals surface area contributed by atoms with E-state index in [0.717, 1.165) is 43.2 Å². The van der Waals surface area contributed by atoms with Gasteiger partial charge in [-0.2, -0.15) is 0 Å². The van der Waals surface area contributed by atoms with E-state index in [1.54, 1.807) is 14.2 Å². The summed E-state index contributed by atoms with van der Waals surface area (Å²) in [5.41, 5.74) is 2.73. The van der Waals surface area contributed by atoms with Crippen LogP contribution in [0.1, 0.15) is 5.56 Å². The lowest BCUT2D eigenvalue weighted by molar-refractivity contribution is -0.115. The van der Waals surface area contributed by atoms with Crippen molar-refractivity contribution < 1.29 is 14.3 Å². The Labute approximate surface area is 160 Å². The molecule has 3 rings (SSSR count). The summed E-state index contributed by atoms with van der Waals surface area (Å²) in [5, 5.41) is 2.99. The molecule has 2 aromatic rings. The number of carbonyl (C=O) groups excluding carboxylic acids is 1. The molecule has 0 saturated carbocycles. The number of anilines is 2. The molecule has 0 radical (unpaired) electrons. The highest BCUT2D eigenvalue weighted by Crippen LogP contribution is 2.30. The number of amides is 1. The average molecular weight is 369 g/mol. The summed E-state index contributed by atoms with van der Waals surface area (Å²) in [6.07, 6.45) is 0.298. The van der Waals surface area contributed by atoms with Gasteiger partial charge in [-0.25, -0.2) is 0 Å². The standard InChI is InChI=1S/C21H27N3O3/c1-23-10-12-24(13-11-23)17-6-9-20(27-3)19(15-17)22-21(25)14-16-4-7-18(26-2)8-5-16/h4-9,15H,10-14H2,1-3H3,(H,22,25). The van der Waals surface area contributed by atoms with Crippen LogP contribution < -0.4 is 19.7 Å². The van der Waals surface area contributed by atoms with Gasteiger partial charge in [0.15, 0.2) is 0 Å². The van der Waals surface area contributed by atoms with E-state index >= 15 is 0 Å². The first-order chi connectivity index (χ1) is 13.1. The average Bonchev–Trinajstić information content (AvgIpc) is 2.69. The SMILES string of the molecule is COc1ccc(CC(=O)Nc2cc(N3CCN(C)CC3)ccc2OC)cc1. The minimum Gasteiger partial charge on any atom is -0.497 e. The number of piperazine rings is 1. The summed E-state index contributed by atoms with van der Waals surface area (Å²) >= 11 is 0. The van der Waals surface area contributed by atoms with E-state index in [4.69, 9.17) is 9.47 Å². The second-order valence-electron chi connectivity index (χ2n) is 6.75. The second kappa shape index (κ2) is 8.77. The number of ether oxygens (including phenoxy) is 2. The molecule has 27 heavy (non-hydrogen) atoms. The minimum absolute atomic E-state index is 0.0750. The van der Waals surface area contributed by atoms with Crippen molar-refractivity contribution >= 4 is 17.3 Å². The zero-order valence-corrected chi connectivity index (χ0v) is 16.2. The number of hydrogen-bond acceptors (Lipinski definition) is 5. The molecular weight excluding hydrogens is 342 g/mol. The fourth-order valence-corrected chi connectivity index (χ4v) is 3.18. The van der Waals surface area contributed by atoms with Gasteiger partial charge >= 0.3 is 0 Å². The summed E-state index contributed by atoms with van der Waals surface area (Å²) in [6, 6.07) is 13.5. The van der Waals surface area contributed by atoms with E-state index in [9.17, 15) is 4.79 Å². The van der Waals surface area contributed by atoms with Crippen LogP contribution in [0, 0.1) is 0 Å². The molecular formula is C21H27N3O3. The lowest BCUT2D eigenvalue weighted by Gasteiger charge is -2.34. The molecule has 1 aliphatic heterocycles. The van der Waals surface area contributed by atoms with Gasteiger partial charge in [0, 0.05) is 31.9 Å². The molecule has 144 valence electrons. The molecule has 1 saturated heterocycles. The van der Waals surface area contributed by atoms with E-state index in [1.807, 2.05) is 42.5 Å². The molecule has 0 aliphatic carbocycles. The highest BCUT2D eigenvalue weighted by atomic mass is 16.5. The molecule has 6 heteroatoms. The number of methoxy groups -OCH3 is 2. The first kappa shape index (κ1) is 19.0. The minimum atomic E-state index is -0.0750. The quantitative estimate of drug-likeness (QED) is 0.848. The van der Waals surface area contributed by atoms with E-state index < -0.39 is 0 Å². The maximum Gasteiger partial charge on any atom is 0.228 e. The third kappa shape index (κ3) is 4.92. The van der Waals surface area contributed by atoms with Crippen LogP contribution in [0.15, 0.2) is 42.5 Å². The molecule has 0 spiro atoms. The Balaban J connectivity index is 1.70. The Morgan fingerprint density at radius 3 is 2.33 bits per heavy atom. The molecule has 6 nitrogen and oxygen atoms in total. The maximum atomic E-state index is 12.5. The van der Waals surface area contributed by atoms with E-state index in [-0.39, 0.29) is 5.91 Å². The molecule has 1 fully saturated rings. The third-order valence-electron chi connectivity index (χ3n) is 4.85. The Kier molecular flexibility index (Phi) is 6.19. The number of benzene rings is 2. The molecule has 0 aromatic heterocycles. The number of rotatable bonds is 6. The first-order valence-electron chi connectivity index (χ1n) is 9.13. The smallest absolute Gasteiger partial charge is 0.228 e. The molecule has 1 heterocycles. The zero-order chi connectivity index (χ0) is 19.2. The summed E-state index contributed by atoms with van der Waals surface area (Å²) in [4.78, 5) is 17.2. The van der Waals surface area contributed by atoms with Gasteiger partial charge in [0.05, 0.1) is 26.3 Å². The van der Waals surface area contributed by atoms with Crippen LogP contribution in [0.3, 0.4) is 0 Å². The van der Waals surface area contributed by atoms with Crippen molar-refractivity contribution in [3.05, 3.63) is 48.0 Å². The Bertz CT molecular complexity index is 769. The lowest BCUT2D eigenvalue weighted by Crippen LogP contribution is -2.44. The Morgan fingerprint density at radius 1 is 1.00 bits per heavy atom. The third-order valence-corrected chi connectivity index (χ3v) is 4.85. The van der Waals surface area contributed by atoms with Gasteiger partial charge < -0.3 is 24.6 Å². The largest absolute Gasteiger partial charge is 0.497 e. The first-order valence-corrected chi connectivity index (χ1v) is 9.13. The summed E-state index contributed by atoms with van der Waals surface area (Å²) in [5.74, 6) is 1.37. The highest BCUT2D eigenvalue weighted by molar-refractivity contribution is 5.94. The van der Waals surface area contributed by atoms with Crippen molar-refractivity contribution in [2.24, 2.45) is 0 Å². The molecule has 0 bridgehead atoms. The summed E-state index contributed by atoms with van der Waals surface area (Å²) < 4.78 is 10.6. The normalized spacial score (nSPS) is 14.7. The van der Waals surface area contributed by atoms with Crippen LogP contribution in [0.5, 0.6) is 11.5 Å². The predicted octanol–water partition coefficient (Wildman–Crippen LogP) is 2.64. The van der Waals surface area contributed by atoms with Gasteiger partial charge in [-0.1, -0.05) is 12.1 Å². The van der Waals surface area contributed by atoms with Crippen molar-refractivity contribution in [3.63, 3.8) is 0 Å². The van der Waals surface area contributed by atoms with Gasteiger partial charge in [0.1, 0.15) is 11.5 Å². The topological polar surface area (TPSA) is 54.0 Å². The fraction of sp³-hybridized carbons (Fsp3) is 0.381. The van der Waals surface area contributed by atoms with Gasteiger partial charge in [-0.3, -0.25) is 4.79 Å². The van der Waals surface area contributed by atoms with E-state index in [2.05, 4.69) is 22.2 Å². The van der Waals surface area contributed by atoms with Crippen LogP contribution in [-0.4, -0.2) is 58.3 Å². The van der Waals surface area contributed by atoms with Crippen LogP contribution in [0.25, 0.3) is 0 Å². The number of carbonyl (C=O) groups is 1. The second-order valence-corrected chi connectivity index (χ2v) is 6.75. The molecule has 1 N–H and O–H groups in total.